The van der Waals surface area contributed by atoms with Gasteiger partial charge in [-0.25, -0.2) is 4.39 Å². The molecule has 0 radical (unpaired) electrons. The van der Waals surface area contributed by atoms with Gasteiger partial charge in [0.25, 0.3) is 5.91 Å². The number of pyridine rings is 2. The van der Waals surface area contributed by atoms with E-state index in [9.17, 15) is 18.8 Å². The van der Waals surface area contributed by atoms with Crippen LogP contribution < -0.4 is 5.32 Å². The third-order valence-electron chi connectivity index (χ3n) is 6.64. The third kappa shape index (κ3) is 6.28. The van der Waals surface area contributed by atoms with E-state index in [1.165, 1.54) is 6.07 Å². The molecule has 3 aromatic rings. The van der Waals surface area contributed by atoms with Crippen LogP contribution in [0.25, 0.3) is 16.8 Å². The van der Waals surface area contributed by atoms with Crippen LogP contribution in [0.5, 0.6) is 0 Å². The van der Waals surface area contributed by atoms with Crippen molar-refractivity contribution in [1.82, 2.24) is 15.3 Å². The molecular formula is C31H32FN3O4. The van der Waals surface area contributed by atoms with Crippen LogP contribution in [-0.2, 0) is 14.3 Å². The van der Waals surface area contributed by atoms with Crippen LogP contribution >= 0.6 is 0 Å². The molecule has 8 heteroatoms. The maximum atomic E-state index is 13.8. The van der Waals surface area contributed by atoms with Crippen molar-refractivity contribution in [3.8, 4) is 11.3 Å². The molecule has 7 nitrogen and oxygen atoms in total. The van der Waals surface area contributed by atoms with E-state index >= 15 is 0 Å². The molecule has 0 aliphatic heterocycles. The average molecular weight is 530 g/mol. The Morgan fingerprint density at radius 1 is 1.08 bits per heavy atom. The van der Waals surface area contributed by atoms with E-state index in [-0.39, 0.29) is 24.7 Å². The summed E-state index contributed by atoms with van der Waals surface area (Å²) >= 11 is 0. The Morgan fingerprint density at radius 2 is 1.79 bits per heavy atom. The molecule has 0 saturated heterocycles. The highest BCUT2D eigenvalue weighted by atomic mass is 19.1. The molecule has 2 aromatic heterocycles. The minimum absolute atomic E-state index is 0.127. The summed E-state index contributed by atoms with van der Waals surface area (Å²) in [4.78, 5) is 47.2. The highest BCUT2D eigenvalue weighted by Gasteiger charge is 2.38. The second-order valence-electron chi connectivity index (χ2n) is 10.8. The minimum atomic E-state index is -0.752. The number of amides is 1. The van der Waals surface area contributed by atoms with Gasteiger partial charge in [0.15, 0.2) is 5.78 Å². The number of ketones is 1. The number of benzene rings is 1. The van der Waals surface area contributed by atoms with Gasteiger partial charge in [-0.2, -0.15) is 0 Å². The maximum Gasteiger partial charge on any atom is 0.316 e. The van der Waals surface area contributed by atoms with Crippen molar-refractivity contribution in [3.63, 3.8) is 0 Å². The smallest absolute Gasteiger partial charge is 0.316 e. The van der Waals surface area contributed by atoms with Crippen molar-refractivity contribution in [2.45, 2.75) is 47.5 Å². The Morgan fingerprint density at radius 3 is 2.38 bits per heavy atom. The van der Waals surface area contributed by atoms with Gasteiger partial charge in [0.05, 0.1) is 22.9 Å². The molecule has 2 heterocycles. The van der Waals surface area contributed by atoms with Crippen LogP contribution in [0.15, 0.2) is 60.6 Å². The average Bonchev–Trinajstić information content (AvgIpc) is 3.18. The van der Waals surface area contributed by atoms with E-state index in [1.54, 1.807) is 51.2 Å². The Hall–Kier alpha value is -4.20. The van der Waals surface area contributed by atoms with Gasteiger partial charge in [-0.3, -0.25) is 24.4 Å². The first kappa shape index (κ1) is 27.8. The number of rotatable bonds is 7. The van der Waals surface area contributed by atoms with Crippen molar-refractivity contribution < 1.29 is 23.5 Å². The Bertz CT molecular complexity index is 1420. The lowest BCUT2D eigenvalue weighted by atomic mass is 9.89. The molecule has 1 unspecified atom stereocenters. The van der Waals surface area contributed by atoms with Gasteiger partial charge in [-0.15, -0.1) is 0 Å². The van der Waals surface area contributed by atoms with E-state index in [0.29, 0.717) is 34.7 Å². The van der Waals surface area contributed by atoms with E-state index in [4.69, 9.17) is 4.74 Å². The van der Waals surface area contributed by atoms with Gasteiger partial charge >= 0.3 is 5.97 Å². The summed E-state index contributed by atoms with van der Waals surface area (Å²) in [5, 5.41) is 2.82. The molecule has 202 valence electrons. The lowest BCUT2D eigenvalue weighted by molar-refractivity contribution is -0.148. The van der Waals surface area contributed by atoms with Crippen molar-refractivity contribution in [2.24, 2.45) is 11.3 Å². The minimum Gasteiger partial charge on any atom is -0.430 e. The topological polar surface area (TPSA) is 98.2 Å². The summed E-state index contributed by atoms with van der Waals surface area (Å²) in [7, 11) is 0. The van der Waals surface area contributed by atoms with Gasteiger partial charge in [-0.05, 0) is 94.1 Å². The van der Waals surface area contributed by atoms with E-state index < -0.39 is 23.1 Å². The number of hydrogen-bond donors (Lipinski definition) is 1. The SMILES string of the molecule is Cc1cc(-c2ccc(F)cn2)cc(C)c1C1=C(OC(=O)C(C)(C)C)CC(CCNC(=O)c2ccccn2)C1=O. The second-order valence-corrected chi connectivity index (χ2v) is 10.8. The Labute approximate surface area is 227 Å². The van der Waals surface area contributed by atoms with Gasteiger partial charge in [-0.1, -0.05) is 6.07 Å². The lowest BCUT2D eigenvalue weighted by Gasteiger charge is -2.19. The molecule has 1 aromatic carbocycles. The first-order valence-electron chi connectivity index (χ1n) is 12.9. The lowest BCUT2D eigenvalue weighted by Crippen LogP contribution is -2.27. The number of carbonyl (C=O) groups excluding carboxylic acids is 3. The number of aryl methyl sites for hydroxylation is 2. The molecule has 0 bridgehead atoms. The fourth-order valence-corrected chi connectivity index (χ4v) is 4.61. The highest BCUT2D eigenvalue weighted by molar-refractivity contribution is 6.25. The van der Waals surface area contributed by atoms with E-state index in [1.807, 2.05) is 26.0 Å². The number of ether oxygens (including phenoxy) is 1. The van der Waals surface area contributed by atoms with Crippen molar-refractivity contribution >= 4 is 23.2 Å². The highest BCUT2D eigenvalue weighted by Crippen LogP contribution is 2.41. The van der Waals surface area contributed by atoms with Crippen LogP contribution in [0.4, 0.5) is 4.39 Å². The largest absolute Gasteiger partial charge is 0.430 e. The summed E-state index contributed by atoms with van der Waals surface area (Å²) < 4.78 is 19.2. The molecule has 1 aliphatic rings. The van der Waals surface area contributed by atoms with E-state index in [2.05, 4.69) is 15.3 Å². The number of carbonyl (C=O) groups is 3. The molecular weight excluding hydrogens is 497 g/mol. The molecule has 0 fully saturated rings. The van der Waals surface area contributed by atoms with Crippen LogP contribution in [0.2, 0.25) is 0 Å². The molecule has 1 amide bonds. The monoisotopic (exact) mass is 529 g/mol. The number of hydrogen-bond acceptors (Lipinski definition) is 6. The van der Waals surface area contributed by atoms with Crippen LogP contribution in [0, 0.1) is 31.0 Å². The summed E-state index contributed by atoms with van der Waals surface area (Å²) in [6.45, 7) is 9.33. The van der Waals surface area contributed by atoms with Crippen molar-refractivity contribution in [2.75, 3.05) is 6.54 Å². The van der Waals surface area contributed by atoms with Crippen molar-refractivity contribution in [3.05, 3.63) is 88.8 Å². The molecule has 4 rings (SSSR count). The Kier molecular flexibility index (Phi) is 8.04. The van der Waals surface area contributed by atoms with Crippen LogP contribution in [-0.4, -0.2) is 34.2 Å². The normalized spacial score (nSPS) is 15.4. The number of allylic oxidation sites excluding steroid dienone is 2. The summed E-state index contributed by atoms with van der Waals surface area (Å²) in [5.41, 5.74) is 3.68. The zero-order valence-corrected chi connectivity index (χ0v) is 22.8. The first-order chi connectivity index (χ1) is 18.5. The molecule has 1 atom stereocenters. The van der Waals surface area contributed by atoms with Gasteiger partial charge in [0, 0.05) is 30.6 Å². The number of nitrogens with one attached hydrogen (secondary N) is 1. The fourth-order valence-electron chi connectivity index (χ4n) is 4.61. The molecule has 0 saturated carbocycles. The number of nitrogens with zero attached hydrogens (tertiary/aromatic N) is 2. The zero-order valence-electron chi connectivity index (χ0n) is 22.8. The Balaban J connectivity index is 1.62. The summed E-state index contributed by atoms with van der Waals surface area (Å²) in [6, 6.07) is 11.8. The molecule has 1 N–H and O–H groups in total. The molecule has 1 aliphatic carbocycles. The standard InChI is InChI=1S/C31H32FN3O4/c1-18-14-21(23-10-9-22(32)17-35-23)15-19(2)26(18)27-25(39-30(38)31(3,4)5)16-20(28(27)36)11-13-34-29(37)24-8-6-7-12-33-24/h6-10,12,14-15,17,20H,11,13,16H2,1-5H3,(H,34,37). The van der Waals surface area contributed by atoms with Gasteiger partial charge < -0.3 is 10.1 Å². The predicted molar refractivity (Wildman–Crippen MR) is 146 cm³/mol. The molecule has 0 spiro atoms. The summed E-state index contributed by atoms with van der Waals surface area (Å²) in [5.74, 6) is -1.39. The zero-order chi connectivity index (χ0) is 28.3. The maximum absolute atomic E-state index is 13.8. The number of halogens is 1. The number of esters is 1. The molecule has 39 heavy (non-hydrogen) atoms. The van der Waals surface area contributed by atoms with Crippen LogP contribution in [0.1, 0.15) is 60.8 Å². The van der Waals surface area contributed by atoms with Crippen molar-refractivity contribution in [1.29, 1.82) is 0 Å². The van der Waals surface area contributed by atoms with Gasteiger partial charge in [0.2, 0.25) is 0 Å². The second kappa shape index (κ2) is 11.3. The van der Waals surface area contributed by atoms with E-state index in [0.717, 1.165) is 22.9 Å². The first-order valence-corrected chi connectivity index (χ1v) is 12.9. The van der Waals surface area contributed by atoms with Crippen LogP contribution in [0.3, 0.4) is 0 Å². The fraction of sp³-hybridized carbons (Fsp3) is 0.323. The number of Topliss-reactive ketones (excluding diaryl/α,β-unsaturated/α-hetero) is 1. The quantitative estimate of drug-likeness (QED) is 0.400. The third-order valence-corrected chi connectivity index (χ3v) is 6.64. The predicted octanol–water partition coefficient (Wildman–Crippen LogP) is 5.61. The summed E-state index contributed by atoms with van der Waals surface area (Å²) in [6.07, 6.45) is 3.35. The van der Waals surface area contributed by atoms with Gasteiger partial charge in [0.1, 0.15) is 17.3 Å². The number of aromatic nitrogens is 2.